The highest BCUT2D eigenvalue weighted by atomic mass is 16.5. The van der Waals surface area contributed by atoms with Gasteiger partial charge >= 0.3 is 6.47 Å². The van der Waals surface area contributed by atoms with Crippen LogP contribution in [0, 0.1) is 10.8 Å². The average molecular weight is 335 g/mol. The molecule has 131 valence electrons. The number of benzene rings is 2. The van der Waals surface area contributed by atoms with Crippen molar-refractivity contribution in [1.29, 1.82) is 0 Å². The molecule has 0 saturated heterocycles. The minimum absolute atomic E-state index is 0.0265. The SMILES string of the molecule is CC(C)(C)C(O[C]=O)(C1c2ccccc2-c2ccccc21)C(C)(C)C. The molecule has 0 heterocycles. The first-order valence-corrected chi connectivity index (χ1v) is 8.88. The second kappa shape index (κ2) is 5.72. The fourth-order valence-corrected chi connectivity index (χ4v) is 5.02. The largest absolute Gasteiger partial charge is 0.449 e. The smallest absolute Gasteiger partial charge is 0.418 e. The van der Waals surface area contributed by atoms with Crippen LogP contribution in [0.2, 0.25) is 0 Å². The van der Waals surface area contributed by atoms with E-state index in [0.29, 0.717) is 0 Å². The molecule has 0 bridgehead atoms. The van der Waals surface area contributed by atoms with Gasteiger partial charge in [0.2, 0.25) is 0 Å². The molecule has 2 aromatic rings. The lowest BCUT2D eigenvalue weighted by atomic mass is 9.55. The number of rotatable bonds is 3. The van der Waals surface area contributed by atoms with Crippen molar-refractivity contribution in [3.8, 4) is 11.1 Å². The zero-order valence-corrected chi connectivity index (χ0v) is 16.0. The molecule has 2 nitrogen and oxygen atoms in total. The van der Waals surface area contributed by atoms with Gasteiger partial charge in [-0.3, -0.25) is 0 Å². The van der Waals surface area contributed by atoms with Gasteiger partial charge in [-0.15, -0.1) is 0 Å². The van der Waals surface area contributed by atoms with Crippen molar-refractivity contribution < 1.29 is 9.53 Å². The topological polar surface area (TPSA) is 26.3 Å². The molecule has 1 aliphatic carbocycles. The Labute approximate surface area is 151 Å². The lowest BCUT2D eigenvalue weighted by Crippen LogP contribution is -2.59. The van der Waals surface area contributed by atoms with Crippen LogP contribution < -0.4 is 0 Å². The third kappa shape index (κ3) is 2.42. The number of carbonyl (C=O) groups excluding carboxylic acids is 1. The van der Waals surface area contributed by atoms with E-state index >= 15 is 0 Å². The summed E-state index contributed by atoms with van der Waals surface area (Å²) >= 11 is 0. The molecule has 0 fully saturated rings. The zero-order valence-electron chi connectivity index (χ0n) is 16.0. The molecule has 0 aliphatic heterocycles. The molecule has 0 atom stereocenters. The van der Waals surface area contributed by atoms with Crippen LogP contribution in [-0.2, 0) is 9.53 Å². The summed E-state index contributed by atoms with van der Waals surface area (Å²) in [6, 6.07) is 16.9. The Bertz CT molecular complexity index is 731. The van der Waals surface area contributed by atoms with Crippen molar-refractivity contribution in [2.45, 2.75) is 53.1 Å². The van der Waals surface area contributed by atoms with Gasteiger partial charge in [0.15, 0.2) is 0 Å². The molecule has 2 heteroatoms. The molecule has 0 amide bonds. The van der Waals surface area contributed by atoms with Gasteiger partial charge in [-0.05, 0) is 22.3 Å². The summed E-state index contributed by atoms with van der Waals surface area (Å²) in [6.45, 7) is 14.7. The number of hydrogen-bond donors (Lipinski definition) is 0. The van der Waals surface area contributed by atoms with Crippen LogP contribution in [0.1, 0.15) is 58.6 Å². The minimum Gasteiger partial charge on any atom is -0.449 e. The molecule has 25 heavy (non-hydrogen) atoms. The Morgan fingerprint density at radius 2 is 1.16 bits per heavy atom. The second-order valence-corrected chi connectivity index (χ2v) is 9.03. The first-order chi connectivity index (χ1) is 11.6. The maximum absolute atomic E-state index is 11.5. The van der Waals surface area contributed by atoms with Gasteiger partial charge in [0.25, 0.3) is 0 Å². The van der Waals surface area contributed by atoms with Crippen molar-refractivity contribution >= 4 is 6.47 Å². The average Bonchev–Trinajstić information content (AvgIpc) is 2.85. The van der Waals surface area contributed by atoms with E-state index in [1.165, 1.54) is 22.3 Å². The third-order valence-corrected chi connectivity index (χ3v) is 5.67. The molecule has 0 spiro atoms. The predicted molar refractivity (Wildman–Crippen MR) is 102 cm³/mol. The standard InChI is InChI=1S/C23H27O2/c1-21(2,3)23(25-15-24,22(4,5)6)20-18-13-9-7-11-16(18)17-12-8-10-14-19(17)20/h7-14,20H,1-6H3. The normalized spacial score (nSPS) is 14.8. The summed E-state index contributed by atoms with van der Waals surface area (Å²) in [5.41, 5.74) is 3.62. The maximum atomic E-state index is 11.5. The molecular formula is C23H27O2. The van der Waals surface area contributed by atoms with E-state index in [2.05, 4.69) is 90.1 Å². The predicted octanol–water partition coefficient (Wildman–Crippen LogP) is 5.71. The van der Waals surface area contributed by atoms with Crippen LogP contribution in [0.3, 0.4) is 0 Å². The summed E-state index contributed by atoms with van der Waals surface area (Å²) in [7, 11) is 0. The van der Waals surface area contributed by atoms with Crippen molar-refractivity contribution in [3.05, 3.63) is 59.7 Å². The third-order valence-electron chi connectivity index (χ3n) is 5.67. The first kappa shape index (κ1) is 17.7. The molecule has 1 aliphatic rings. The van der Waals surface area contributed by atoms with E-state index in [-0.39, 0.29) is 16.7 Å². The summed E-state index contributed by atoms with van der Waals surface area (Å²) < 4.78 is 5.95. The molecule has 0 unspecified atom stereocenters. The molecule has 0 aromatic heterocycles. The van der Waals surface area contributed by atoms with E-state index in [0.717, 1.165) is 0 Å². The highest BCUT2D eigenvalue weighted by Gasteiger charge is 2.60. The van der Waals surface area contributed by atoms with E-state index in [4.69, 9.17) is 4.74 Å². The zero-order chi connectivity index (χ0) is 18.5. The molecule has 1 radical (unpaired) electrons. The van der Waals surface area contributed by atoms with Gasteiger partial charge in [-0.2, -0.15) is 0 Å². The fourth-order valence-electron chi connectivity index (χ4n) is 5.02. The van der Waals surface area contributed by atoms with Crippen LogP contribution in [0.5, 0.6) is 0 Å². The van der Waals surface area contributed by atoms with Crippen molar-refractivity contribution in [2.75, 3.05) is 0 Å². The molecule has 3 rings (SSSR count). The lowest BCUT2D eigenvalue weighted by Gasteiger charge is -2.55. The van der Waals surface area contributed by atoms with Crippen LogP contribution in [0.15, 0.2) is 48.5 Å². The van der Waals surface area contributed by atoms with E-state index in [1.807, 2.05) is 6.47 Å². The second-order valence-electron chi connectivity index (χ2n) is 9.03. The van der Waals surface area contributed by atoms with Crippen LogP contribution >= 0.6 is 0 Å². The van der Waals surface area contributed by atoms with Crippen LogP contribution in [0.25, 0.3) is 11.1 Å². The Balaban J connectivity index is 2.39. The Hall–Kier alpha value is -2.09. The lowest BCUT2D eigenvalue weighted by molar-refractivity contribution is -0.135. The Kier molecular flexibility index (Phi) is 4.06. The van der Waals surface area contributed by atoms with E-state index < -0.39 is 5.60 Å². The highest BCUT2D eigenvalue weighted by molar-refractivity contribution is 5.79. The van der Waals surface area contributed by atoms with Gasteiger partial charge in [-0.25, -0.2) is 4.79 Å². The van der Waals surface area contributed by atoms with Crippen molar-refractivity contribution in [3.63, 3.8) is 0 Å². The maximum Gasteiger partial charge on any atom is 0.418 e. The molecular weight excluding hydrogens is 308 g/mol. The summed E-state index contributed by atoms with van der Waals surface area (Å²) in [5.74, 6) is -0.0265. The van der Waals surface area contributed by atoms with Gasteiger partial charge in [-0.1, -0.05) is 90.1 Å². The van der Waals surface area contributed by atoms with Crippen molar-refractivity contribution in [2.24, 2.45) is 10.8 Å². The number of ether oxygens (including phenoxy) is 1. The van der Waals surface area contributed by atoms with Gasteiger partial charge in [0, 0.05) is 10.8 Å². The summed E-state index contributed by atoms with van der Waals surface area (Å²) in [5, 5.41) is 0. The first-order valence-electron chi connectivity index (χ1n) is 8.88. The van der Waals surface area contributed by atoms with Gasteiger partial charge < -0.3 is 4.74 Å². The van der Waals surface area contributed by atoms with E-state index in [1.54, 1.807) is 0 Å². The Morgan fingerprint density at radius 1 is 0.760 bits per heavy atom. The van der Waals surface area contributed by atoms with Gasteiger partial charge in [0.05, 0.1) is 5.92 Å². The van der Waals surface area contributed by atoms with Crippen molar-refractivity contribution in [1.82, 2.24) is 0 Å². The molecule has 2 aromatic carbocycles. The quantitative estimate of drug-likeness (QED) is 0.717. The fraction of sp³-hybridized carbons (Fsp3) is 0.435. The van der Waals surface area contributed by atoms with Gasteiger partial charge in [0.1, 0.15) is 5.60 Å². The monoisotopic (exact) mass is 335 g/mol. The molecule has 0 saturated carbocycles. The molecule has 0 N–H and O–H groups in total. The number of hydrogen-bond acceptors (Lipinski definition) is 2. The highest BCUT2D eigenvalue weighted by Crippen LogP contribution is 2.61. The summed E-state index contributed by atoms with van der Waals surface area (Å²) in [6.07, 6.45) is 0. The van der Waals surface area contributed by atoms with E-state index in [9.17, 15) is 4.79 Å². The minimum atomic E-state index is -0.732. The Morgan fingerprint density at radius 3 is 1.52 bits per heavy atom. The summed E-state index contributed by atoms with van der Waals surface area (Å²) in [4.78, 5) is 11.5. The van der Waals surface area contributed by atoms with Crippen LogP contribution in [-0.4, -0.2) is 12.1 Å². The van der Waals surface area contributed by atoms with Crippen LogP contribution in [0.4, 0.5) is 0 Å². The number of fused-ring (bicyclic) bond motifs is 3.